The van der Waals surface area contributed by atoms with E-state index in [0.29, 0.717) is 17.1 Å². The molecule has 6 nitrogen and oxygen atoms in total. The summed E-state index contributed by atoms with van der Waals surface area (Å²) in [6.07, 6.45) is -0.0667. The maximum atomic E-state index is 11.8. The molecule has 122 valence electrons. The summed E-state index contributed by atoms with van der Waals surface area (Å²) in [5, 5.41) is 10.1. The Morgan fingerprint density at radius 3 is 2.48 bits per heavy atom. The normalized spacial score (nSPS) is 11.8. The Kier molecular flexibility index (Phi) is 5.05. The maximum Gasteiger partial charge on any atom is 0.306 e. The Hall–Kier alpha value is -2.76. The summed E-state index contributed by atoms with van der Waals surface area (Å²) in [5.74, 6) is -0.562. The summed E-state index contributed by atoms with van der Waals surface area (Å²) in [6, 6.07) is 8.14. The highest BCUT2D eigenvalue weighted by Crippen LogP contribution is 2.33. The number of hydrogen-bond donors (Lipinski definition) is 1. The summed E-state index contributed by atoms with van der Waals surface area (Å²) in [4.78, 5) is 23.5. The fourth-order valence-electron chi connectivity index (χ4n) is 2.31. The molecule has 0 spiro atoms. The second-order valence-electron chi connectivity index (χ2n) is 5.04. The van der Waals surface area contributed by atoms with Crippen molar-refractivity contribution < 1.29 is 23.8 Å². The molecule has 1 N–H and O–H groups in total. The number of aromatic hydroxyl groups is 1. The van der Waals surface area contributed by atoms with Crippen LogP contribution in [0.5, 0.6) is 11.5 Å². The minimum Gasteiger partial charge on any atom is -0.502 e. The molecule has 0 saturated heterocycles. The molecule has 1 aromatic heterocycles. The third-order valence-electron chi connectivity index (χ3n) is 3.51. The van der Waals surface area contributed by atoms with Crippen LogP contribution < -0.4 is 10.2 Å². The Morgan fingerprint density at radius 2 is 1.91 bits per heavy atom. The van der Waals surface area contributed by atoms with Crippen molar-refractivity contribution in [1.29, 1.82) is 0 Å². The van der Waals surface area contributed by atoms with Crippen LogP contribution in [-0.2, 0) is 9.53 Å². The van der Waals surface area contributed by atoms with Gasteiger partial charge in [0.15, 0.2) is 5.76 Å². The van der Waals surface area contributed by atoms with Gasteiger partial charge in [-0.25, -0.2) is 0 Å². The lowest BCUT2D eigenvalue weighted by molar-refractivity contribution is -0.140. The second-order valence-corrected chi connectivity index (χ2v) is 5.04. The number of aryl methyl sites for hydroxylation is 1. The number of hydrogen-bond acceptors (Lipinski definition) is 6. The standard InChI is InChI=1S/C17H18O6/c1-10-8-14(18)16(20)17(23-10)13(9-15(19)22-3)11-4-6-12(21-2)7-5-11/h4-8,13,20H,9H2,1-3H3/t13-/m1/s1. The van der Waals surface area contributed by atoms with Crippen LogP contribution in [0, 0.1) is 6.92 Å². The number of carbonyl (C=O) groups excluding carboxylic acids is 1. The summed E-state index contributed by atoms with van der Waals surface area (Å²) in [5.41, 5.74) is 0.146. The molecule has 1 heterocycles. The molecule has 0 aliphatic heterocycles. The summed E-state index contributed by atoms with van der Waals surface area (Å²) in [6.45, 7) is 1.60. The SMILES string of the molecule is COC(=O)C[C@H](c1ccc(OC)cc1)c1oc(C)cc(=O)c1O. The predicted octanol–water partition coefficient (Wildman–Crippen LogP) is 2.36. The minimum absolute atomic E-state index is 0.0468. The van der Waals surface area contributed by atoms with E-state index in [9.17, 15) is 14.7 Å². The van der Waals surface area contributed by atoms with Crippen LogP contribution in [0.3, 0.4) is 0 Å². The van der Waals surface area contributed by atoms with Crippen LogP contribution in [0.4, 0.5) is 0 Å². The van der Waals surface area contributed by atoms with Crippen LogP contribution in [-0.4, -0.2) is 25.3 Å². The average molecular weight is 318 g/mol. The van der Waals surface area contributed by atoms with Crippen LogP contribution in [0.2, 0.25) is 0 Å². The second kappa shape index (κ2) is 7.00. The molecule has 0 aliphatic carbocycles. The van der Waals surface area contributed by atoms with E-state index in [2.05, 4.69) is 0 Å². The smallest absolute Gasteiger partial charge is 0.306 e. The molecule has 2 rings (SSSR count). The van der Waals surface area contributed by atoms with Crippen molar-refractivity contribution in [3.8, 4) is 11.5 Å². The summed E-state index contributed by atoms with van der Waals surface area (Å²) in [7, 11) is 2.83. The van der Waals surface area contributed by atoms with Crippen molar-refractivity contribution in [2.24, 2.45) is 0 Å². The zero-order chi connectivity index (χ0) is 17.0. The molecule has 1 aromatic carbocycles. The maximum absolute atomic E-state index is 11.8. The fourth-order valence-corrected chi connectivity index (χ4v) is 2.31. The molecule has 6 heteroatoms. The number of ether oxygens (including phenoxy) is 2. The summed E-state index contributed by atoms with van der Waals surface area (Å²) >= 11 is 0. The molecule has 0 aliphatic rings. The van der Waals surface area contributed by atoms with Gasteiger partial charge in [0.25, 0.3) is 0 Å². The third-order valence-corrected chi connectivity index (χ3v) is 3.51. The van der Waals surface area contributed by atoms with Crippen molar-refractivity contribution in [2.45, 2.75) is 19.3 Å². The van der Waals surface area contributed by atoms with Crippen molar-refractivity contribution in [3.63, 3.8) is 0 Å². The molecule has 0 saturated carbocycles. The first-order valence-corrected chi connectivity index (χ1v) is 7.00. The fraction of sp³-hybridized carbons (Fsp3) is 0.294. The molecule has 0 fully saturated rings. The molecule has 0 unspecified atom stereocenters. The lowest BCUT2D eigenvalue weighted by atomic mass is 9.92. The van der Waals surface area contributed by atoms with E-state index in [1.54, 1.807) is 38.3 Å². The van der Waals surface area contributed by atoms with Crippen molar-refractivity contribution >= 4 is 5.97 Å². The van der Waals surface area contributed by atoms with Gasteiger partial charge in [-0.15, -0.1) is 0 Å². The van der Waals surface area contributed by atoms with Crippen LogP contribution in [0.15, 0.2) is 39.5 Å². The van der Waals surface area contributed by atoms with Gasteiger partial charge in [-0.2, -0.15) is 0 Å². The van der Waals surface area contributed by atoms with Gasteiger partial charge in [-0.1, -0.05) is 12.1 Å². The topological polar surface area (TPSA) is 86.0 Å². The Labute approximate surface area is 133 Å². The lowest BCUT2D eigenvalue weighted by Crippen LogP contribution is -2.13. The molecule has 0 radical (unpaired) electrons. The molecular weight excluding hydrogens is 300 g/mol. The van der Waals surface area contributed by atoms with Crippen molar-refractivity contribution in [1.82, 2.24) is 0 Å². The largest absolute Gasteiger partial charge is 0.502 e. The molecule has 2 aromatic rings. The minimum atomic E-state index is -0.638. The van der Waals surface area contributed by atoms with E-state index in [-0.39, 0.29) is 12.2 Å². The van der Waals surface area contributed by atoms with E-state index >= 15 is 0 Å². The lowest BCUT2D eigenvalue weighted by Gasteiger charge is -2.17. The van der Waals surface area contributed by atoms with Gasteiger partial charge in [0.1, 0.15) is 11.5 Å². The van der Waals surface area contributed by atoms with E-state index in [1.807, 2.05) is 0 Å². The molecular formula is C17H18O6. The van der Waals surface area contributed by atoms with E-state index in [0.717, 1.165) is 0 Å². The van der Waals surface area contributed by atoms with Crippen molar-refractivity contribution in [3.05, 3.63) is 57.6 Å². The number of methoxy groups -OCH3 is 2. The zero-order valence-electron chi connectivity index (χ0n) is 13.2. The highest BCUT2D eigenvalue weighted by atomic mass is 16.5. The monoisotopic (exact) mass is 318 g/mol. The number of esters is 1. The molecule has 0 bridgehead atoms. The molecule has 23 heavy (non-hydrogen) atoms. The predicted molar refractivity (Wildman–Crippen MR) is 82.8 cm³/mol. The van der Waals surface area contributed by atoms with Crippen LogP contribution in [0.1, 0.15) is 29.4 Å². The Balaban J connectivity index is 2.53. The van der Waals surface area contributed by atoms with E-state index in [4.69, 9.17) is 13.9 Å². The summed E-state index contributed by atoms with van der Waals surface area (Å²) < 4.78 is 15.3. The van der Waals surface area contributed by atoms with Gasteiger partial charge in [-0.3, -0.25) is 9.59 Å². The Bertz CT molecular complexity index is 745. The average Bonchev–Trinajstić information content (AvgIpc) is 2.56. The van der Waals surface area contributed by atoms with Gasteiger partial charge in [0.05, 0.1) is 26.6 Å². The number of carbonyl (C=O) groups is 1. The number of rotatable bonds is 5. The van der Waals surface area contributed by atoms with Gasteiger partial charge in [0.2, 0.25) is 11.2 Å². The first kappa shape index (κ1) is 16.6. The Morgan fingerprint density at radius 1 is 1.26 bits per heavy atom. The van der Waals surface area contributed by atoms with Crippen LogP contribution >= 0.6 is 0 Å². The third kappa shape index (κ3) is 3.71. The molecule has 1 atom stereocenters. The van der Waals surface area contributed by atoms with Gasteiger partial charge in [-0.05, 0) is 24.6 Å². The van der Waals surface area contributed by atoms with Gasteiger partial charge in [0, 0.05) is 6.07 Å². The highest BCUT2D eigenvalue weighted by molar-refractivity contribution is 5.71. The van der Waals surface area contributed by atoms with E-state index in [1.165, 1.54) is 13.2 Å². The van der Waals surface area contributed by atoms with E-state index < -0.39 is 23.1 Å². The first-order chi connectivity index (χ1) is 11.0. The van der Waals surface area contributed by atoms with Crippen LogP contribution in [0.25, 0.3) is 0 Å². The number of benzene rings is 1. The first-order valence-electron chi connectivity index (χ1n) is 7.00. The van der Waals surface area contributed by atoms with Gasteiger partial charge >= 0.3 is 5.97 Å². The molecule has 0 amide bonds. The van der Waals surface area contributed by atoms with Gasteiger partial charge < -0.3 is 19.0 Å². The quantitative estimate of drug-likeness (QED) is 0.852. The van der Waals surface area contributed by atoms with Crippen molar-refractivity contribution in [2.75, 3.05) is 14.2 Å². The zero-order valence-corrected chi connectivity index (χ0v) is 13.2. The highest BCUT2D eigenvalue weighted by Gasteiger charge is 2.26.